The van der Waals surface area contributed by atoms with Gasteiger partial charge in [-0.3, -0.25) is 4.79 Å². The molecule has 0 fully saturated rings. The Morgan fingerprint density at radius 2 is 2.10 bits per heavy atom. The minimum atomic E-state index is -1.65. The summed E-state index contributed by atoms with van der Waals surface area (Å²) in [5, 5.41) is 26.9. The van der Waals surface area contributed by atoms with Crippen molar-refractivity contribution < 1.29 is 33.7 Å². The topological polar surface area (TPSA) is 140 Å². The highest BCUT2D eigenvalue weighted by atomic mass is 32.1. The maximum atomic E-state index is 12.7. The number of aliphatic hydroxyl groups excluding tert-OH is 1. The molecule has 0 radical (unpaired) electrons. The van der Waals surface area contributed by atoms with Gasteiger partial charge in [-0.05, 0) is 18.2 Å². The van der Waals surface area contributed by atoms with Crippen molar-refractivity contribution >= 4 is 40.9 Å². The molecule has 1 aliphatic carbocycles. The number of carbonyl (C=O) groups is 1. The number of nitrogens with zero attached hydrogens (tertiary/aromatic N) is 1. The summed E-state index contributed by atoms with van der Waals surface area (Å²) in [6.45, 7) is 0. The average molecular weight is 448 g/mol. The number of carbonyl (C=O) groups excluding carboxylic acids is 1. The third-order valence-corrected chi connectivity index (χ3v) is 5.91. The summed E-state index contributed by atoms with van der Waals surface area (Å²) in [6, 6.07) is 4.71. The first kappa shape index (κ1) is 21.2. The van der Waals surface area contributed by atoms with Gasteiger partial charge >= 0.3 is 5.63 Å². The molecule has 1 aromatic heterocycles. The number of nitrogens with one attached hydrogen (secondary N) is 1. The summed E-state index contributed by atoms with van der Waals surface area (Å²) in [4.78, 5) is 30.4. The van der Waals surface area contributed by atoms with Crippen molar-refractivity contribution in [2.45, 2.75) is 29.5 Å². The fourth-order valence-corrected chi connectivity index (χ4v) is 3.97. The molecule has 0 saturated carbocycles. The molecule has 2 heterocycles. The van der Waals surface area contributed by atoms with E-state index in [4.69, 9.17) is 18.7 Å². The van der Waals surface area contributed by atoms with E-state index in [-0.39, 0.29) is 29.2 Å². The Morgan fingerprint density at radius 3 is 2.81 bits per heavy atom. The summed E-state index contributed by atoms with van der Waals surface area (Å²) in [5.74, 6) is -0.128. The number of hydrogen-bond acceptors (Lipinski definition) is 10. The Kier molecular flexibility index (Phi) is 5.42. The van der Waals surface area contributed by atoms with E-state index in [9.17, 15) is 19.8 Å². The Labute approximate surface area is 181 Å². The van der Waals surface area contributed by atoms with Crippen molar-refractivity contribution in [3.63, 3.8) is 0 Å². The van der Waals surface area contributed by atoms with Crippen molar-refractivity contribution in [2.75, 3.05) is 19.5 Å². The minimum absolute atomic E-state index is 0.132. The number of ether oxygens (including phenoxy) is 2. The zero-order valence-electron chi connectivity index (χ0n) is 16.6. The minimum Gasteiger partial charge on any atom is -0.493 e. The van der Waals surface area contributed by atoms with Gasteiger partial charge in [0.25, 0.3) is 5.91 Å². The van der Waals surface area contributed by atoms with Crippen molar-refractivity contribution in [1.29, 1.82) is 0 Å². The number of fused-ring (bicyclic) bond motifs is 2. The van der Waals surface area contributed by atoms with Crippen molar-refractivity contribution in [1.82, 2.24) is 0 Å². The third kappa shape index (κ3) is 3.54. The first-order valence-electron chi connectivity index (χ1n) is 9.28. The average Bonchev–Trinajstić information content (AvgIpc) is 2.76. The number of anilines is 1. The van der Waals surface area contributed by atoms with Crippen LogP contribution >= 0.6 is 12.6 Å². The first-order chi connectivity index (χ1) is 14.8. The molecular formula is C20H20N2O8S. The SMILES string of the molecule is COc1ccc2cc(NC(=O)C3=NO[C@H]4[C@H](O)C=C[C@@H](S)[C@@]4(O)C3)c(=O)oc2c1OC. The predicted octanol–water partition coefficient (Wildman–Crippen LogP) is 0.854. The molecule has 0 spiro atoms. The van der Waals surface area contributed by atoms with E-state index < -0.39 is 34.6 Å². The lowest BCUT2D eigenvalue weighted by Gasteiger charge is -2.43. The van der Waals surface area contributed by atoms with Crippen LogP contribution in [0.15, 0.2) is 44.7 Å². The van der Waals surface area contributed by atoms with Gasteiger partial charge in [-0.2, -0.15) is 12.6 Å². The maximum Gasteiger partial charge on any atom is 0.360 e. The number of oxime groups is 1. The van der Waals surface area contributed by atoms with E-state index in [1.807, 2.05) is 0 Å². The van der Waals surface area contributed by atoms with Gasteiger partial charge in [0, 0.05) is 11.8 Å². The van der Waals surface area contributed by atoms with Crippen LogP contribution < -0.4 is 20.4 Å². The molecule has 164 valence electrons. The molecule has 4 rings (SSSR count). The van der Waals surface area contributed by atoms with Gasteiger partial charge < -0.3 is 34.3 Å². The van der Waals surface area contributed by atoms with Crippen LogP contribution in [-0.4, -0.2) is 59.1 Å². The number of amides is 1. The summed E-state index contributed by atoms with van der Waals surface area (Å²) >= 11 is 4.31. The number of benzene rings is 1. The fraction of sp³-hybridized carbons (Fsp3) is 0.350. The van der Waals surface area contributed by atoms with Crippen molar-refractivity contribution in [3.05, 3.63) is 40.8 Å². The molecule has 31 heavy (non-hydrogen) atoms. The quantitative estimate of drug-likeness (QED) is 0.307. The number of thiol groups is 1. The van der Waals surface area contributed by atoms with E-state index in [1.165, 1.54) is 32.4 Å². The van der Waals surface area contributed by atoms with E-state index in [0.717, 1.165) is 0 Å². The fourth-order valence-electron chi connectivity index (χ4n) is 3.63. The molecule has 2 aliphatic rings. The molecule has 10 nitrogen and oxygen atoms in total. The van der Waals surface area contributed by atoms with Crippen molar-refractivity contribution in [2.24, 2.45) is 5.16 Å². The Hall–Kier alpha value is -3.02. The lowest BCUT2D eigenvalue weighted by atomic mass is 9.79. The molecular weight excluding hydrogens is 428 g/mol. The molecule has 2 aromatic rings. The van der Waals surface area contributed by atoms with E-state index >= 15 is 0 Å². The summed E-state index contributed by atoms with van der Waals surface area (Å²) in [7, 11) is 2.87. The number of rotatable bonds is 4. The zero-order chi connectivity index (χ0) is 22.3. The molecule has 0 saturated heterocycles. The molecule has 0 bridgehead atoms. The molecule has 1 aromatic carbocycles. The first-order valence-corrected chi connectivity index (χ1v) is 9.80. The second-order valence-corrected chi connectivity index (χ2v) is 7.73. The molecule has 1 aliphatic heterocycles. The van der Waals surface area contributed by atoms with Crippen LogP contribution in [0.5, 0.6) is 11.5 Å². The Balaban J connectivity index is 1.62. The molecule has 4 atom stereocenters. The summed E-state index contributed by atoms with van der Waals surface area (Å²) < 4.78 is 15.8. The highest BCUT2D eigenvalue weighted by Crippen LogP contribution is 2.37. The largest absolute Gasteiger partial charge is 0.493 e. The molecule has 0 unspecified atom stereocenters. The van der Waals surface area contributed by atoms with Crippen LogP contribution in [0.3, 0.4) is 0 Å². The highest BCUT2D eigenvalue weighted by molar-refractivity contribution is 7.81. The van der Waals surface area contributed by atoms with Crippen LogP contribution in [0.25, 0.3) is 11.0 Å². The van der Waals surface area contributed by atoms with Gasteiger partial charge in [-0.15, -0.1) is 0 Å². The van der Waals surface area contributed by atoms with E-state index in [1.54, 1.807) is 12.1 Å². The van der Waals surface area contributed by atoms with Gasteiger partial charge in [0.2, 0.25) is 5.75 Å². The van der Waals surface area contributed by atoms with Crippen LogP contribution in [0.1, 0.15) is 6.42 Å². The number of methoxy groups -OCH3 is 2. The smallest absolute Gasteiger partial charge is 0.360 e. The predicted molar refractivity (Wildman–Crippen MR) is 114 cm³/mol. The summed E-state index contributed by atoms with van der Waals surface area (Å²) in [6.07, 6.45) is 0.573. The van der Waals surface area contributed by atoms with Crippen LogP contribution in [0.4, 0.5) is 5.69 Å². The third-order valence-electron chi connectivity index (χ3n) is 5.29. The standard InChI is InChI=1S/C20H20N2O8S/c1-27-13-5-3-9-7-10(19(25)29-15(9)16(13)28-2)21-18(24)11-8-20(26)14(31)6-4-12(23)17(20)30-22-11/h3-7,12,14,17,23,26,31H,8H2,1-2H3,(H,21,24)/t12-,14-,17+,20+/m1/s1. The maximum absolute atomic E-state index is 12.7. The molecule has 3 N–H and O–H groups in total. The van der Waals surface area contributed by atoms with Crippen LogP contribution in [-0.2, 0) is 9.63 Å². The van der Waals surface area contributed by atoms with Gasteiger partial charge in [0.1, 0.15) is 23.1 Å². The van der Waals surface area contributed by atoms with Gasteiger partial charge in [0.05, 0.1) is 19.5 Å². The lowest BCUT2D eigenvalue weighted by molar-refractivity contribution is -0.152. The second-order valence-electron chi connectivity index (χ2n) is 7.17. The van der Waals surface area contributed by atoms with E-state index in [2.05, 4.69) is 23.1 Å². The zero-order valence-corrected chi connectivity index (χ0v) is 17.5. The lowest BCUT2D eigenvalue weighted by Crippen LogP contribution is -2.60. The monoisotopic (exact) mass is 448 g/mol. The number of hydrogen-bond donors (Lipinski definition) is 4. The Bertz CT molecular complexity index is 1160. The molecule has 1 amide bonds. The van der Waals surface area contributed by atoms with E-state index in [0.29, 0.717) is 11.1 Å². The van der Waals surface area contributed by atoms with Gasteiger partial charge in [-0.1, -0.05) is 17.3 Å². The second kappa shape index (κ2) is 7.91. The summed E-state index contributed by atoms with van der Waals surface area (Å²) in [5.41, 5.74) is -2.59. The normalized spacial score (nSPS) is 27.1. The highest BCUT2D eigenvalue weighted by Gasteiger charge is 2.52. The van der Waals surface area contributed by atoms with Crippen LogP contribution in [0.2, 0.25) is 0 Å². The van der Waals surface area contributed by atoms with Gasteiger partial charge in [0.15, 0.2) is 17.4 Å². The number of aliphatic hydroxyl groups is 2. The van der Waals surface area contributed by atoms with Gasteiger partial charge in [-0.25, -0.2) is 4.79 Å². The Morgan fingerprint density at radius 1 is 1.32 bits per heavy atom. The molecule has 11 heteroatoms. The van der Waals surface area contributed by atoms with Crippen LogP contribution in [0, 0.1) is 0 Å². The van der Waals surface area contributed by atoms with Crippen molar-refractivity contribution in [3.8, 4) is 11.5 Å².